The van der Waals surface area contributed by atoms with Crippen LogP contribution in [0.5, 0.6) is 5.75 Å². The molecule has 0 unspecified atom stereocenters. The highest BCUT2D eigenvalue weighted by molar-refractivity contribution is 6.30. The first-order chi connectivity index (χ1) is 9.28. The molecule has 2 nitrogen and oxygen atoms in total. The normalized spacial score (nSPS) is 21.2. The van der Waals surface area contributed by atoms with Crippen molar-refractivity contribution in [2.45, 2.75) is 18.6 Å². The van der Waals surface area contributed by atoms with E-state index in [1.165, 1.54) is 11.1 Å². The summed E-state index contributed by atoms with van der Waals surface area (Å²) in [4.78, 5) is 0. The van der Waals surface area contributed by atoms with Crippen LogP contribution < -0.4 is 10.1 Å². The van der Waals surface area contributed by atoms with Gasteiger partial charge in [-0.1, -0.05) is 35.9 Å². The lowest BCUT2D eigenvalue weighted by atomic mass is 10.1. The molecule has 0 spiro atoms. The zero-order valence-electron chi connectivity index (χ0n) is 10.8. The third-order valence-electron chi connectivity index (χ3n) is 3.61. The Bertz CT molecular complexity index is 567. The molecule has 98 valence electrons. The summed E-state index contributed by atoms with van der Waals surface area (Å²) >= 11 is 5.89. The Morgan fingerprint density at radius 2 is 1.74 bits per heavy atom. The molecule has 3 rings (SSSR count). The van der Waals surface area contributed by atoms with Crippen LogP contribution in [0.4, 0.5) is 0 Å². The molecule has 0 heterocycles. The van der Waals surface area contributed by atoms with Gasteiger partial charge in [-0.2, -0.15) is 0 Å². The number of rotatable bonds is 3. The van der Waals surface area contributed by atoms with Gasteiger partial charge in [-0.15, -0.1) is 0 Å². The fourth-order valence-electron chi connectivity index (χ4n) is 2.65. The van der Waals surface area contributed by atoms with Gasteiger partial charge < -0.3 is 10.1 Å². The van der Waals surface area contributed by atoms with Gasteiger partial charge in [0.15, 0.2) is 0 Å². The van der Waals surface area contributed by atoms with E-state index in [0.29, 0.717) is 6.04 Å². The zero-order chi connectivity index (χ0) is 13.2. The predicted octanol–water partition coefficient (Wildman–Crippen LogP) is 4.12. The highest BCUT2D eigenvalue weighted by Crippen LogP contribution is 2.41. The van der Waals surface area contributed by atoms with E-state index in [9.17, 15) is 0 Å². The second-order valence-corrected chi connectivity index (χ2v) is 5.20. The van der Waals surface area contributed by atoms with Crippen molar-refractivity contribution in [3.63, 3.8) is 0 Å². The molecular formula is C16H16ClNO. The van der Waals surface area contributed by atoms with Crippen LogP contribution in [0.15, 0.2) is 48.5 Å². The smallest absolute Gasteiger partial charge is 0.126 e. The monoisotopic (exact) mass is 273 g/mol. The van der Waals surface area contributed by atoms with E-state index in [0.717, 1.165) is 17.2 Å². The molecule has 0 aliphatic heterocycles. The van der Waals surface area contributed by atoms with Crippen molar-refractivity contribution < 1.29 is 4.74 Å². The standard InChI is InChI=1S/C16H16ClNO/c1-18-15-10-16(14-5-3-2-4-13(14)15)19-12-8-6-11(17)7-9-12/h2-9,15-16,18H,10H2,1H3/t15-,16+/m1/s1. The topological polar surface area (TPSA) is 21.3 Å². The molecule has 2 atom stereocenters. The average molecular weight is 274 g/mol. The van der Waals surface area contributed by atoms with E-state index < -0.39 is 0 Å². The molecule has 0 radical (unpaired) electrons. The highest BCUT2D eigenvalue weighted by Gasteiger charge is 2.30. The molecule has 0 amide bonds. The van der Waals surface area contributed by atoms with Gasteiger partial charge in [0.05, 0.1) is 0 Å². The number of ether oxygens (including phenoxy) is 1. The van der Waals surface area contributed by atoms with Gasteiger partial charge in [0.1, 0.15) is 11.9 Å². The number of hydrogen-bond acceptors (Lipinski definition) is 2. The minimum absolute atomic E-state index is 0.106. The molecule has 1 aliphatic rings. The number of fused-ring (bicyclic) bond motifs is 1. The van der Waals surface area contributed by atoms with Gasteiger partial charge in [-0.3, -0.25) is 0 Å². The maximum Gasteiger partial charge on any atom is 0.126 e. The average Bonchev–Trinajstić information content (AvgIpc) is 2.80. The van der Waals surface area contributed by atoms with Gasteiger partial charge in [0.2, 0.25) is 0 Å². The maximum absolute atomic E-state index is 6.09. The van der Waals surface area contributed by atoms with Crippen molar-refractivity contribution in [3.05, 3.63) is 64.7 Å². The van der Waals surface area contributed by atoms with Crippen LogP contribution >= 0.6 is 11.6 Å². The summed E-state index contributed by atoms with van der Waals surface area (Å²) < 4.78 is 6.09. The minimum Gasteiger partial charge on any atom is -0.486 e. The second kappa shape index (κ2) is 5.24. The van der Waals surface area contributed by atoms with Crippen molar-refractivity contribution in [2.75, 3.05) is 7.05 Å². The van der Waals surface area contributed by atoms with Crippen LogP contribution in [0.2, 0.25) is 5.02 Å². The molecule has 2 aromatic rings. The first kappa shape index (κ1) is 12.5. The summed E-state index contributed by atoms with van der Waals surface area (Å²) in [5.74, 6) is 0.862. The Balaban J connectivity index is 1.85. The molecule has 2 aromatic carbocycles. The predicted molar refractivity (Wildman–Crippen MR) is 77.7 cm³/mol. The quantitative estimate of drug-likeness (QED) is 0.908. The summed E-state index contributed by atoms with van der Waals surface area (Å²) in [5, 5.41) is 4.07. The molecule has 0 fully saturated rings. The van der Waals surface area contributed by atoms with Gasteiger partial charge >= 0.3 is 0 Å². The van der Waals surface area contributed by atoms with Crippen molar-refractivity contribution in [2.24, 2.45) is 0 Å². The number of halogens is 1. The molecule has 1 N–H and O–H groups in total. The molecule has 19 heavy (non-hydrogen) atoms. The first-order valence-corrected chi connectivity index (χ1v) is 6.84. The van der Waals surface area contributed by atoms with E-state index in [-0.39, 0.29) is 6.10 Å². The summed E-state index contributed by atoms with van der Waals surface area (Å²) in [6.45, 7) is 0. The number of benzene rings is 2. The summed E-state index contributed by atoms with van der Waals surface area (Å²) in [7, 11) is 1.99. The Morgan fingerprint density at radius 1 is 1.05 bits per heavy atom. The molecule has 3 heteroatoms. The zero-order valence-corrected chi connectivity index (χ0v) is 11.5. The van der Waals surface area contributed by atoms with Crippen molar-refractivity contribution in [1.82, 2.24) is 5.32 Å². The van der Waals surface area contributed by atoms with Crippen LogP contribution in [0, 0.1) is 0 Å². The van der Waals surface area contributed by atoms with Crippen LogP contribution in [-0.4, -0.2) is 7.05 Å². The third kappa shape index (κ3) is 2.46. The van der Waals surface area contributed by atoms with Gasteiger partial charge in [0, 0.05) is 17.5 Å². The summed E-state index contributed by atoms with van der Waals surface area (Å²) in [5.41, 5.74) is 2.61. The van der Waals surface area contributed by atoms with Crippen LogP contribution in [0.1, 0.15) is 29.7 Å². The largest absolute Gasteiger partial charge is 0.486 e. The van der Waals surface area contributed by atoms with Gasteiger partial charge in [-0.25, -0.2) is 0 Å². The number of hydrogen-bond donors (Lipinski definition) is 1. The molecular weight excluding hydrogens is 258 g/mol. The molecule has 0 bridgehead atoms. The van der Waals surface area contributed by atoms with Gasteiger partial charge in [0.25, 0.3) is 0 Å². The third-order valence-corrected chi connectivity index (χ3v) is 3.86. The van der Waals surface area contributed by atoms with Crippen LogP contribution in [0.3, 0.4) is 0 Å². The van der Waals surface area contributed by atoms with E-state index in [1.807, 2.05) is 31.3 Å². The Kier molecular flexibility index (Phi) is 3.45. The minimum atomic E-state index is 0.106. The molecule has 0 saturated carbocycles. The molecule has 0 saturated heterocycles. The van der Waals surface area contributed by atoms with Crippen LogP contribution in [0.25, 0.3) is 0 Å². The second-order valence-electron chi connectivity index (χ2n) is 4.77. The van der Waals surface area contributed by atoms with Crippen molar-refractivity contribution >= 4 is 11.6 Å². The highest BCUT2D eigenvalue weighted by atomic mass is 35.5. The fourth-order valence-corrected chi connectivity index (χ4v) is 2.78. The summed E-state index contributed by atoms with van der Waals surface area (Å²) in [6.07, 6.45) is 1.06. The molecule has 1 aliphatic carbocycles. The van der Waals surface area contributed by atoms with Crippen LogP contribution in [-0.2, 0) is 0 Å². The Hall–Kier alpha value is -1.51. The SMILES string of the molecule is CN[C@@H]1C[C@H](Oc2ccc(Cl)cc2)c2ccccc21. The van der Waals surface area contributed by atoms with E-state index in [4.69, 9.17) is 16.3 Å². The van der Waals surface area contributed by atoms with E-state index in [2.05, 4.69) is 29.6 Å². The Labute approximate surface area is 118 Å². The van der Waals surface area contributed by atoms with Crippen molar-refractivity contribution in [1.29, 1.82) is 0 Å². The van der Waals surface area contributed by atoms with Crippen molar-refractivity contribution in [3.8, 4) is 5.75 Å². The van der Waals surface area contributed by atoms with Gasteiger partial charge in [-0.05, 0) is 42.4 Å². The maximum atomic E-state index is 6.09. The first-order valence-electron chi connectivity index (χ1n) is 6.46. The fraction of sp³-hybridized carbons (Fsp3) is 0.250. The lowest BCUT2D eigenvalue weighted by Gasteiger charge is -2.15. The molecule has 0 aromatic heterocycles. The lowest BCUT2D eigenvalue weighted by molar-refractivity contribution is 0.197. The number of nitrogens with one attached hydrogen (secondary N) is 1. The summed E-state index contributed by atoms with van der Waals surface area (Å²) in [6, 6.07) is 16.4. The lowest BCUT2D eigenvalue weighted by Crippen LogP contribution is -2.13. The van der Waals surface area contributed by atoms with E-state index >= 15 is 0 Å². The van der Waals surface area contributed by atoms with E-state index in [1.54, 1.807) is 0 Å². The Morgan fingerprint density at radius 3 is 2.42 bits per heavy atom.